The first-order valence-electron chi connectivity index (χ1n) is 3.76. The molecule has 0 aliphatic carbocycles. The van der Waals surface area contributed by atoms with Gasteiger partial charge in [0.2, 0.25) is 0 Å². The number of hydrogen-bond acceptors (Lipinski definition) is 2. The maximum atomic E-state index is 11.4. The Balaban J connectivity index is 2.54. The summed E-state index contributed by atoms with van der Waals surface area (Å²) in [6.07, 6.45) is 0. The van der Waals surface area contributed by atoms with Gasteiger partial charge in [0, 0.05) is 16.4 Å². The van der Waals surface area contributed by atoms with E-state index >= 15 is 0 Å². The first-order chi connectivity index (χ1) is 6.09. The van der Waals surface area contributed by atoms with Crippen LogP contribution in [0.2, 0.25) is 0 Å². The van der Waals surface area contributed by atoms with E-state index < -0.39 is 0 Å². The predicted molar refractivity (Wildman–Crippen MR) is 59.2 cm³/mol. The topological polar surface area (TPSA) is 29.1 Å². The van der Waals surface area contributed by atoms with Gasteiger partial charge in [-0.05, 0) is 28.9 Å². The van der Waals surface area contributed by atoms with Crippen LogP contribution in [0.15, 0.2) is 28.1 Å². The number of amides is 1. The second kappa shape index (κ2) is 4.58. The quantitative estimate of drug-likeness (QED) is 0.832. The third-order valence-corrected chi connectivity index (χ3v) is 3.03. The number of nitrogens with one attached hydrogen (secondary N) is 1. The molecule has 0 radical (unpaired) electrons. The fourth-order valence-corrected chi connectivity index (χ4v) is 2.09. The average molecular weight is 260 g/mol. The number of thiophene rings is 1. The molecule has 1 aromatic rings. The smallest absolute Gasteiger partial charge is 0.261 e. The number of carbonyl (C=O) groups excluding carboxylic acids is 1. The Hall–Kier alpha value is -0.610. The number of rotatable bonds is 3. The molecular weight excluding hydrogens is 250 g/mol. The van der Waals surface area contributed by atoms with Crippen molar-refractivity contribution in [3.8, 4) is 0 Å². The van der Waals surface area contributed by atoms with Crippen LogP contribution in [0.5, 0.6) is 0 Å². The minimum Gasteiger partial charge on any atom is -0.348 e. The number of hydrogen-bond donors (Lipinski definition) is 1. The van der Waals surface area contributed by atoms with Crippen LogP contribution in [-0.2, 0) is 0 Å². The molecule has 1 amide bonds. The summed E-state index contributed by atoms with van der Waals surface area (Å²) in [7, 11) is 0. The molecule has 2 nitrogen and oxygen atoms in total. The maximum absolute atomic E-state index is 11.4. The van der Waals surface area contributed by atoms with Crippen LogP contribution >= 0.6 is 27.3 Å². The highest BCUT2D eigenvalue weighted by Crippen LogP contribution is 2.19. The molecule has 0 bridgehead atoms. The Morgan fingerprint density at radius 1 is 1.77 bits per heavy atom. The van der Waals surface area contributed by atoms with Gasteiger partial charge in [0.15, 0.2) is 0 Å². The van der Waals surface area contributed by atoms with E-state index in [9.17, 15) is 4.79 Å². The van der Waals surface area contributed by atoms with Crippen LogP contribution in [-0.4, -0.2) is 12.5 Å². The van der Waals surface area contributed by atoms with Crippen molar-refractivity contribution < 1.29 is 4.79 Å². The minimum absolute atomic E-state index is 0.0429. The minimum atomic E-state index is -0.0429. The van der Waals surface area contributed by atoms with Gasteiger partial charge in [-0.1, -0.05) is 12.2 Å². The van der Waals surface area contributed by atoms with Gasteiger partial charge in [0.25, 0.3) is 5.91 Å². The molecule has 13 heavy (non-hydrogen) atoms. The Labute approximate surface area is 89.8 Å². The lowest BCUT2D eigenvalue weighted by Gasteiger charge is -2.01. The zero-order valence-corrected chi connectivity index (χ0v) is 9.67. The van der Waals surface area contributed by atoms with Crippen LogP contribution in [0.3, 0.4) is 0 Å². The zero-order valence-electron chi connectivity index (χ0n) is 7.26. The molecule has 1 N–H and O–H groups in total. The molecule has 1 aromatic heterocycles. The normalized spacial score (nSPS) is 9.69. The lowest BCUT2D eigenvalue weighted by atomic mass is 10.3. The third kappa shape index (κ3) is 3.32. The summed E-state index contributed by atoms with van der Waals surface area (Å²) >= 11 is 4.71. The number of halogens is 1. The fraction of sp³-hybridized carbons (Fsp3) is 0.222. The van der Waals surface area contributed by atoms with Gasteiger partial charge in [-0.15, -0.1) is 11.3 Å². The second-order valence-corrected chi connectivity index (χ2v) is 4.60. The van der Waals surface area contributed by atoms with Gasteiger partial charge in [-0.25, -0.2) is 0 Å². The summed E-state index contributed by atoms with van der Waals surface area (Å²) in [5.74, 6) is -0.0429. The average Bonchev–Trinajstić information content (AvgIpc) is 2.47. The SMILES string of the molecule is C=C(C)CNC(=O)c1cc(Br)cs1. The molecule has 0 aliphatic heterocycles. The van der Waals surface area contributed by atoms with E-state index in [-0.39, 0.29) is 5.91 Å². The maximum Gasteiger partial charge on any atom is 0.261 e. The summed E-state index contributed by atoms with van der Waals surface area (Å²) in [5.41, 5.74) is 0.948. The summed E-state index contributed by atoms with van der Waals surface area (Å²) in [5, 5.41) is 4.65. The van der Waals surface area contributed by atoms with Gasteiger partial charge >= 0.3 is 0 Å². The second-order valence-electron chi connectivity index (χ2n) is 2.77. The van der Waals surface area contributed by atoms with Gasteiger partial charge in [0.1, 0.15) is 0 Å². The predicted octanol–water partition coefficient (Wildman–Crippen LogP) is 2.82. The first kappa shape index (κ1) is 10.5. The van der Waals surface area contributed by atoms with E-state index in [4.69, 9.17) is 0 Å². The van der Waals surface area contributed by atoms with Crippen molar-refractivity contribution in [3.05, 3.63) is 32.9 Å². The molecule has 0 saturated heterocycles. The molecule has 0 unspecified atom stereocenters. The lowest BCUT2D eigenvalue weighted by Crippen LogP contribution is -2.23. The summed E-state index contributed by atoms with van der Waals surface area (Å²) in [4.78, 5) is 12.1. The van der Waals surface area contributed by atoms with Crippen molar-refractivity contribution >= 4 is 33.2 Å². The molecule has 4 heteroatoms. The highest BCUT2D eigenvalue weighted by Gasteiger charge is 2.06. The van der Waals surface area contributed by atoms with Crippen molar-refractivity contribution in [2.75, 3.05) is 6.54 Å². The highest BCUT2D eigenvalue weighted by atomic mass is 79.9. The first-order valence-corrected chi connectivity index (χ1v) is 5.43. The van der Waals surface area contributed by atoms with Gasteiger partial charge in [0.05, 0.1) is 4.88 Å². The summed E-state index contributed by atoms with van der Waals surface area (Å²) in [6, 6.07) is 1.80. The van der Waals surface area contributed by atoms with Gasteiger partial charge in [-0.3, -0.25) is 4.79 Å². The number of carbonyl (C=O) groups is 1. The van der Waals surface area contributed by atoms with Crippen molar-refractivity contribution in [1.29, 1.82) is 0 Å². The largest absolute Gasteiger partial charge is 0.348 e. The monoisotopic (exact) mass is 259 g/mol. The Morgan fingerprint density at radius 2 is 2.46 bits per heavy atom. The van der Waals surface area contributed by atoms with Crippen molar-refractivity contribution in [2.24, 2.45) is 0 Å². The standard InChI is InChI=1S/C9H10BrNOS/c1-6(2)4-11-9(12)8-3-7(10)5-13-8/h3,5H,1,4H2,2H3,(H,11,12). The van der Waals surface area contributed by atoms with Crippen LogP contribution in [0, 0.1) is 0 Å². The van der Waals surface area contributed by atoms with Crippen molar-refractivity contribution in [2.45, 2.75) is 6.92 Å². The molecule has 0 spiro atoms. The van der Waals surface area contributed by atoms with E-state index in [0.717, 1.165) is 10.0 Å². The highest BCUT2D eigenvalue weighted by molar-refractivity contribution is 9.10. The van der Waals surface area contributed by atoms with Crippen LogP contribution in [0.25, 0.3) is 0 Å². The molecule has 0 fully saturated rings. The van der Waals surface area contributed by atoms with Gasteiger partial charge in [-0.2, -0.15) is 0 Å². The molecule has 0 saturated carbocycles. The molecule has 0 atom stereocenters. The van der Waals surface area contributed by atoms with E-state index in [0.29, 0.717) is 11.4 Å². The molecule has 0 aromatic carbocycles. The molecule has 0 aliphatic rings. The van der Waals surface area contributed by atoms with Crippen molar-refractivity contribution in [1.82, 2.24) is 5.32 Å². The third-order valence-electron chi connectivity index (χ3n) is 1.34. The van der Waals surface area contributed by atoms with Crippen LogP contribution in [0.4, 0.5) is 0 Å². The van der Waals surface area contributed by atoms with E-state index in [1.54, 1.807) is 6.07 Å². The van der Waals surface area contributed by atoms with E-state index in [1.807, 2.05) is 12.3 Å². The van der Waals surface area contributed by atoms with E-state index in [1.165, 1.54) is 11.3 Å². The summed E-state index contributed by atoms with van der Waals surface area (Å²) in [6.45, 7) is 6.12. The molecular formula is C9H10BrNOS. The Morgan fingerprint density at radius 3 is 2.92 bits per heavy atom. The van der Waals surface area contributed by atoms with Crippen LogP contribution in [0.1, 0.15) is 16.6 Å². The molecule has 1 rings (SSSR count). The zero-order chi connectivity index (χ0) is 9.84. The lowest BCUT2D eigenvalue weighted by molar-refractivity contribution is 0.0961. The fourth-order valence-electron chi connectivity index (χ4n) is 0.750. The Bertz CT molecular complexity index is 332. The van der Waals surface area contributed by atoms with E-state index in [2.05, 4.69) is 27.8 Å². The van der Waals surface area contributed by atoms with Gasteiger partial charge < -0.3 is 5.32 Å². The van der Waals surface area contributed by atoms with Crippen LogP contribution < -0.4 is 5.32 Å². The Kier molecular flexibility index (Phi) is 3.69. The van der Waals surface area contributed by atoms with Crippen molar-refractivity contribution in [3.63, 3.8) is 0 Å². The molecule has 70 valence electrons. The summed E-state index contributed by atoms with van der Waals surface area (Å²) < 4.78 is 0.943. The molecule has 1 heterocycles.